The average Bonchev–Trinajstić information content (AvgIpc) is 3.18. The maximum Gasteiger partial charge on any atom is 0.341 e. The molecule has 4 rings (SSSR count). The number of fused-ring (bicyclic) bond motifs is 1. The first kappa shape index (κ1) is 22.1. The number of aliphatic carboxylic acids is 1. The van der Waals surface area contributed by atoms with E-state index < -0.39 is 30.4 Å². The van der Waals surface area contributed by atoms with Gasteiger partial charge in [-0.1, -0.05) is 0 Å². The standard InChI is InChI=1S/C20H12BrIN2O8/c21-13-5-10(22)3-9(17(13)30-7-16(25)26)4-12-18(27)23-20(29)24(19(12)28)11-1-2-14-15(6-11)32-8-31-14/h1-6H,7-8H2,(H,25,26)(H,23,27,29)/b12-4+. The molecular weight excluding hydrogens is 603 g/mol. The second kappa shape index (κ2) is 8.78. The van der Waals surface area contributed by atoms with Crippen LogP contribution in [0.15, 0.2) is 40.4 Å². The molecule has 10 nitrogen and oxygen atoms in total. The normalized spacial score (nSPS) is 16.4. The third kappa shape index (κ3) is 4.27. The fourth-order valence-corrected chi connectivity index (χ4v) is 4.71. The fourth-order valence-electron chi connectivity index (χ4n) is 3.05. The van der Waals surface area contributed by atoms with Crippen LogP contribution in [0, 0.1) is 3.57 Å². The molecule has 0 aliphatic carbocycles. The highest BCUT2D eigenvalue weighted by atomic mass is 127. The number of hydrogen-bond acceptors (Lipinski definition) is 7. The molecule has 1 fully saturated rings. The lowest BCUT2D eigenvalue weighted by molar-refractivity contribution is -0.139. The van der Waals surface area contributed by atoms with Crippen LogP contribution in [0.1, 0.15) is 5.56 Å². The monoisotopic (exact) mass is 614 g/mol. The van der Waals surface area contributed by atoms with Gasteiger partial charge >= 0.3 is 12.0 Å². The van der Waals surface area contributed by atoms with Crippen LogP contribution in [0.4, 0.5) is 10.5 Å². The van der Waals surface area contributed by atoms with Gasteiger partial charge in [-0.25, -0.2) is 14.5 Å². The third-order valence-corrected chi connectivity index (χ3v) is 5.60. The summed E-state index contributed by atoms with van der Waals surface area (Å²) in [6.07, 6.45) is 1.24. The molecule has 2 aliphatic heterocycles. The maximum absolute atomic E-state index is 13.2. The summed E-state index contributed by atoms with van der Waals surface area (Å²) in [5.74, 6) is -1.99. The predicted molar refractivity (Wildman–Crippen MR) is 122 cm³/mol. The first-order chi connectivity index (χ1) is 15.2. The fraction of sp³-hybridized carbons (Fsp3) is 0.100. The van der Waals surface area contributed by atoms with Gasteiger partial charge in [-0.3, -0.25) is 14.9 Å². The summed E-state index contributed by atoms with van der Waals surface area (Å²) in [4.78, 5) is 49.8. The number of anilines is 1. The number of carboxylic acids is 1. The Morgan fingerprint density at radius 2 is 1.97 bits per heavy atom. The highest BCUT2D eigenvalue weighted by Gasteiger charge is 2.37. The van der Waals surface area contributed by atoms with Gasteiger partial charge in [0.25, 0.3) is 11.8 Å². The molecule has 32 heavy (non-hydrogen) atoms. The van der Waals surface area contributed by atoms with E-state index in [2.05, 4.69) is 21.2 Å². The number of halogens is 2. The minimum atomic E-state index is -1.19. The first-order valence-corrected chi connectivity index (χ1v) is 10.8. The number of carbonyl (C=O) groups excluding carboxylic acids is 3. The molecule has 0 spiro atoms. The van der Waals surface area contributed by atoms with Crippen molar-refractivity contribution in [3.8, 4) is 17.2 Å². The van der Waals surface area contributed by atoms with E-state index in [1.165, 1.54) is 18.2 Å². The number of carbonyl (C=O) groups is 4. The van der Waals surface area contributed by atoms with Gasteiger partial charge < -0.3 is 19.3 Å². The topological polar surface area (TPSA) is 131 Å². The first-order valence-electron chi connectivity index (χ1n) is 8.89. The SMILES string of the molecule is O=C(O)COc1c(Br)cc(I)cc1/C=C1\C(=O)NC(=O)N(c2ccc3c(c2)OCO3)C1=O. The molecule has 4 amide bonds. The molecule has 2 N–H and O–H groups in total. The smallest absolute Gasteiger partial charge is 0.341 e. The Kier molecular flexibility index (Phi) is 6.06. The summed E-state index contributed by atoms with van der Waals surface area (Å²) in [6, 6.07) is 6.87. The quantitative estimate of drug-likeness (QED) is 0.299. The zero-order valence-corrected chi connectivity index (χ0v) is 19.6. The van der Waals surface area contributed by atoms with E-state index in [0.29, 0.717) is 16.0 Å². The number of rotatable bonds is 5. The summed E-state index contributed by atoms with van der Waals surface area (Å²) >= 11 is 5.32. The molecular formula is C20H12BrIN2O8. The minimum absolute atomic E-state index is 0.0171. The van der Waals surface area contributed by atoms with Gasteiger partial charge in [0.2, 0.25) is 6.79 Å². The minimum Gasteiger partial charge on any atom is -0.480 e. The van der Waals surface area contributed by atoms with Crippen molar-refractivity contribution in [2.24, 2.45) is 0 Å². The summed E-state index contributed by atoms with van der Waals surface area (Å²) in [5, 5.41) is 11.1. The van der Waals surface area contributed by atoms with E-state index in [1.807, 2.05) is 22.6 Å². The molecule has 2 aromatic rings. The van der Waals surface area contributed by atoms with Crippen LogP contribution in [-0.2, 0) is 14.4 Å². The molecule has 2 heterocycles. The van der Waals surface area contributed by atoms with Gasteiger partial charge in [-0.2, -0.15) is 0 Å². The van der Waals surface area contributed by atoms with Crippen molar-refractivity contribution in [2.45, 2.75) is 0 Å². The van der Waals surface area contributed by atoms with Crippen molar-refractivity contribution in [3.05, 3.63) is 49.5 Å². The number of ether oxygens (including phenoxy) is 3. The van der Waals surface area contributed by atoms with E-state index in [9.17, 15) is 19.2 Å². The Labute approximate surface area is 202 Å². The number of urea groups is 1. The van der Waals surface area contributed by atoms with Crippen LogP contribution in [0.2, 0.25) is 0 Å². The Morgan fingerprint density at radius 1 is 1.22 bits per heavy atom. The van der Waals surface area contributed by atoms with Crippen LogP contribution in [0.3, 0.4) is 0 Å². The van der Waals surface area contributed by atoms with Crippen molar-refractivity contribution in [2.75, 3.05) is 18.3 Å². The maximum atomic E-state index is 13.2. The van der Waals surface area contributed by atoms with Crippen molar-refractivity contribution < 1.29 is 38.5 Å². The van der Waals surface area contributed by atoms with Gasteiger partial charge in [-0.15, -0.1) is 0 Å². The van der Waals surface area contributed by atoms with Gasteiger partial charge in [0, 0.05) is 15.2 Å². The van der Waals surface area contributed by atoms with Crippen LogP contribution < -0.4 is 24.4 Å². The molecule has 1 saturated heterocycles. The largest absolute Gasteiger partial charge is 0.480 e. The van der Waals surface area contributed by atoms with Gasteiger partial charge in [0.1, 0.15) is 11.3 Å². The highest BCUT2D eigenvalue weighted by Crippen LogP contribution is 2.37. The van der Waals surface area contributed by atoms with Crippen molar-refractivity contribution in [1.82, 2.24) is 5.32 Å². The molecule has 2 aliphatic rings. The van der Waals surface area contributed by atoms with E-state index in [1.54, 1.807) is 18.2 Å². The summed E-state index contributed by atoms with van der Waals surface area (Å²) < 4.78 is 17.0. The van der Waals surface area contributed by atoms with E-state index in [-0.39, 0.29) is 29.4 Å². The number of barbiturate groups is 1. The number of amides is 4. The Balaban J connectivity index is 1.75. The predicted octanol–water partition coefficient (Wildman–Crippen LogP) is 2.91. The molecule has 0 saturated carbocycles. The number of imide groups is 2. The molecule has 0 bridgehead atoms. The summed E-state index contributed by atoms with van der Waals surface area (Å²) in [6.45, 7) is -0.611. The Hall–Kier alpha value is -3.13. The lowest BCUT2D eigenvalue weighted by Crippen LogP contribution is -2.54. The van der Waals surface area contributed by atoms with Crippen molar-refractivity contribution in [1.29, 1.82) is 0 Å². The number of carboxylic acid groups (broad SMARTS) is 1. The van der Waals surface area contributed by atoms with Crippen LogP contribution in [-0.4, -0.2) is 42.3 Å². The second-order valence-corrected chi connectivity index (χ2v) is 8.58. The second-order valence-electron chi connectivity index (χ2n) is 6.48. The van der Waals surface area contributed by atoms with Gasteiger partial charge in [-0.05, 0) is 68.9 Å². The molecule has 0 unspecified atom stereocenters. The molecule has 0 radical (unpaired) electrons. The van der Waals surface area contributed by atoms with Crippen molar-refractivity contribution in [3.63, 3.8) is 0 Å². The average molecular weight is 615 g/mol. The number of benzene rings is 2. The molecule has 0 aromatic heterocycles. The Morgan fingerprint density at radius 3 is 2.72 bits per heavy atom. The Bertz CT molecular complexity index is 1210. The third-order valence-electron chi connectivity index (χ3n) is 4.39. The molecule has 12 heteroatoms. The van der Waals surface area contributed by atoms with Crippen molar-refractivity contribution >= 4 is 74.1 Å². The van der Waals surface area contributed by atoms with Crippen LogP contribution in [0.5, 0.6) is 17.2 Å². The van der Waals surface area contributed by atoms with Gasteiger partial charge in [0.15, 0.2) is 18.1 Å². The highest BCUT2D eigenvalue weighted by molar-refractivity contribution is 14.1. The number of nitrogens with one attached hydrogen (secondary N) is 1. The number of nitrogens with zero attached hydrogens (tertiary/aromatic N) is 1. The van der Waals surface area contributed by atoms with E-state index in [0.717, 1.165) is 8.47 Å². The number of hydrogen-bond donors (Lipinski definition) is 2. The lowest BCUT2D eigenvalue weighted by atomic mass is 10.1. The molecule has 164 valence electrons. The van der Waals surface area contributed by atoms with E-state index >= 15 is 0 Å². The zero-order chi connectivity index (χ0) is 23.0. The van der Waals surface area contributed by atoms with E-state index in [4.69, 9.17) is 19.3 Å². The lowest BCUT2D eigenvalue weighted by Gasteiger charge is -2.26. The molecule has 2 aromatic carbocycles. The summed E-state index contributed by atoms with van der Waals surface area (Å²) in [5.41, 5.74) is 0.126. The van der Waals surface area contributed by atoms with Crippen LogP contribution in [0.25, 0.3) is 6.08 Å². The molecule has 0 atom stereocenters. The van der Waals surface area contributed by atoms with Crippen LogP contribution >= 0.6 is 38.5 Å². The zero-order valence-electron chi connectivity index (χ0n) is 15.9. The van der Waals surface area contributed by atoms with Gasteiger partial charge in [0.05, 0.1) is 10.2 Å². The summed E-state index contributed by atoms with van der Waals surface area (Å²) in [7, 11) is 0.